The molecule has 2 rings (SSSR count). The Balaban J connectivity index is 0.00000220. The van der Waals surface area contributed by atoms with Crippen molar-refractivity contribution < 1.29 is 12.8 Å². The van der Waals surface area contributed by atoms with Gasteiger partial charge in [0.15, 0.2) is 0 Å². The fourth-order valence-corrected chi connectivity index (χ4v) is 4.26. The van der Waals surface area contributed by atoms with Crippen molar-refractivity contribution in [1.82, 2.24) is 4.72 Å². The largest absolute Gasteiger partial charge is 0.329 e. The molecule has 4 nitrogen and oxygen atoms in total. The molecule has 0 saturated heterocycles. The molecule has 1 atom stereocenters. The smallest absolute Gasteiger partial charge is 0.243 e. The first-order valence-electron chi connectivity index (χ1n) is 6.93. The molecule has 21 heavy (non-hydrogen) atoms. The standard InChI is InChI=1S/C14H21FN2O2S.ClH/c1-10-5-4-8-13(14(10)15)20(18,19)17-12(9-16)11-6-2-3-7-11;/h4-5,8,11-12,17H,2-3,6-7,9,16H2,1H3;1H. The second-order valence-corrected chi connectivity index (χ2v) is 7.08. The SMILES string of the molecule is Cc1cccc(S(=O)(=O)NC(CN)C2CCCC2)c1F.Cl. The van der Waals surface area contributed by atoms with E-state index >= 15 is 0 Å². The summed E-state index contributed by atoms with van der Waals surface area (Å²) in [4.78, 5) is -0.297. The second-order valence-electron chi connectivity index (χ2n) is 5.40. The molecule has 0 spiro atoms. The molecular formula is C14H22ClFN2O2S. The molecule has 0 radical (unpaired) electrons. The van der Waals surface area contributed by atoms with Gasteiger partial charge in [-0.05, 0) is 37.3 Å². The van der Waals surface area contributed by atoms with Gasteiger partial charge in [0.25, 0.3) is 0 Å². The van der Waals surface area contributed by atoms with E-state index in [1.165, 1.54) is 6.07 Å². The molecule has 0 heterocycles. The molecule has 3 N–H and O–H groups in total. The Morgan fingerprint density at radius 2 is 2.00 bits per heavy atom. The molecular weight excluding hydrogens is 315 g/mol. The van der Waals surface area contributed by atoms with E-state index in [2.05, 4.69) is 4.72 Å². The summed E-state index contributed by atoms with van der Waals surface area (Å²) in [5.74, 6) is -0.440. The van der Waals surface area contributed by atoms with Crippen LogP contribution in [0.4, 0.5) is 4.39 Å². The van der Waals surface area contributed by atoms with Crippen LogP contribution in [0.15, 0.2) is 23.1 Å². The van der Waals surface area contributed by atoms with Crippen LogP contribution in [-0.2, 0) is 10.0 Å². The maximum absolute atomic E-state index is 14.0. The Bertz CT molecular complexity index is 574. The average molecular weight is 337 g/mol. The first-order chi connectivity index (χ1) is 9.45. The highest BCUT2D eigenvalue weighted by atomic mass is 35.5. The Morgan fingerprint density at radius 3 is 2.57 bits per heavy atom. The Morgan fingerprint density at radius 1 is 1.38 bits per heavy atom. The van der Waals surface area contributed by atoms with Crippen LogP contribution in [0.5, 0.6) is 0 Å². The lowest BCUT2D eigenvalue weighted by Gasteiger charge is -2.23. The van der Waals surface area contributed by atoms with E-state index in [0.29, 0.717) is 5.56 Å². The number of rotatable bonds is 5. The Kier molecular flexibility index (Phi) is 6.59. The van der Waals surface area contributed by atoms with Crippen molar-refractivity contribution in [3.63, 3.8) is 0 Å². The van der Waals surface area contributed by atoms with Crippen molar-refractivity contribution in [2.24, 2.45) is 11.7 Å². The summed E-state index contributed by atoms with van der Waals surface area (Å²) in [7, 11) is -3.87. The van der Waals surface area contributed by atoms with Crippen molar-refractivity contribution in [2.45, 2.75) is 43.5 Å². The molecule has 1 aliphatic rings. The highest BCUT2D eigenvalue weighted by Gasteiger charge is 2.29. The molecule has 1 saturated carbocycles. The topological polar surface area (TPSA) is 72.2 Å². The molecule has 1 fully saturated rings. The van der Waals surface area contributed by atoms with E-state index in [4.69, 9.17) is 5.73 Å². The van der Waals surface area contributed by atoms with Gasteiger partial charge in [-0.15, -0.1) is 12.4 Å². The van der Waals surface area contributed by atoms with Gasteiger partial charge < -0.3 is 5.73 Å². The van der Waals surface area contributed by atoms with Crippen molar-refractivity contribution in [3.05, 3.63) is 29.6 Å². The van der Waals surface area contributed by atoms with Gasteiger partial charge in [0.1, 0.15) is 10.7 Å². The number of halogens is 2. The molecule has 1 aromatic carbocycles. The van der Waals surface area contributed by atoms with E-state index < -0.39 is 15.8 Å². The van der Waals surface area contributed by atoms with Crippen LogP contribution in [0, 0.1) is 18.7 Å². The predicted octanol–water partition coefficient (Wildman–Crippen LogP) is 2.35. The first kappa shape index (κ1) is 18.4. The Hall–Kier alpha value is -0.690. The maximum atomic E-state index is 14.0. The molecule has 0 aliphatic heterocycles. The minimum absolute atomic E-state index is 0. The van der Waals surface area contributed by atoms with Crippen LogP contribution in [0.1, 0.15) is 31.2 Å². The lowest BCUT2D eigenvalue weighted by atomic mass is 9.99. The van der Waals surface area contributed by atoms with Crippen LogP contribution >= 0.6 is 12.4 Å². The lowest BCUT2D eigenvalue weighted by Crippen LogP contribution is -2.44. The summed E-state index contributed by atoms with van der Waals surface area (Å²) in [6.45, 7) is 1.78. The zero-order chi connectivity index (χ0) is 14.8. The van der Waals surface area contributed by atoms with Gasteiger partial charge in [0, 0.05) is 12.6 Å². The molecule has 0 amide bonds. The normalized spacial score (nSPS) is 17.5. The number of hydrogen-bond donors (Lipinski definition) is 2. The number of nitrogens with one attached hydrogen (secondary N) is 1. The van der Waals surface area contributed by atoms with Crippen molar-refractivity contribution in [3.8, 4) is 0 Å². The summed E-state index contributed by atoms with van der Waals surface area (Å²) in [6.07, 6.45) is 4.14. The summed E-state index contributed by atoms with van der Waals surface area (Å²) in [6, 6.07) is 4.06. The van der Waals surface area contributed by atoms with Gasteiger partial charge in [-0.1, -0.05) is 25.0 Å². The summed E-state index contributed by atoms with van der Waals surface area (Å²) in [5.41, 5.74) is 6.00. The lowest BCUT2D eigenvalue weighted by molar-refractivity contribution is 0.404. The highest BCUT2D eigenvalue weighted by Crippen LogP contribution is 2.28. The van der Waals surface area contributed by atoms with Gasteiger partial charge in [-0.3, -0.25) is 0 Å². The highest BCUT2D eigenvalue weighted by molar-refractivity contribution is 7.89. The molecule has 1 aromatic rings. The van der Waals surface area contributed by atoms with Crippen molar-refractivity contribution in [1.29, 1.82) is 0 Å². The summed E-state index contributed by atoms with van der Waals surface area (Å²) in [5, 5.41) is 0. The molecule has 0 bridgehead atoms. The molecule has 120 valence electrons. The number of benzene rings is 1. The van der Waals surface area contributed by atoms with Crippen LogP contribution in [-0.4, -0.2) is 21.0 Å². The Labute approximate surface area is 131 Å². The number of aryl methyl sites for hydroxylation is 1. The minimum Gasteiger partial charge on any atom is -0.329 e. The number of hydrogen-bond acceptors (Lipinski definition) is 3. The van der Waals surface area contributed by atoms with E-state index in [1.807, 2.05) is 0 Å². The molecule has 1 aliphatic carbocycles. The van der Waals surface area contributed by atoms with Crippen LogP contribution in [0.2, 0.25) is 0 Å². The quantitative estimate of drug-likeness (QED) is 0.867. The average Bonchev–Trinajstić information content (AvgIpc) is 2.93. The zero-order valence-electron chi connectivity index (χ0n) is 12.0. The number of nitrogens with two attached hydrogens (primary N) is 1. The van der Waals surface area contributed by atoms with E-state index in [9.17, 15) is 12.8 Å². The van der Waals surface area contributed by atoms with Gasteiger partial charge >= 0.3 is 0 Å². The molecule has 1 unspecified atom stereocenters. The van der Waals surface area contributed by atoms with Gasteiger partial charge in [0.05, 0.1) is 0 Å². The van der Waals surface area contributed by atoms with E-state index in [0.717, 1.165) is 25.7 Å². The van der Waals surface area contributed by atoms with Gasteiger partial charge in [-0.2, -0.15) is 0 Å². The van der Waals surface area contributed by atoms with Crippen molar-refractivity contribution in [2.75, 3.05) is 6.54 Å². The van der Waals surface area contributed by atoms with E-state index in [-0.39, 0.29) is 35.8 Å². The zero-order valence-corrected chi connectivity index (χ0v) is 13.6. The monoisotopic (exact) mass is 336 g/mol. The fraction of sp³-hybridized carbons (Fsp3) is 0.571. The first-order valence-corrected chi connectivity index (χ1v) is 8.41. The third-order valence-corrected chi connectivity index (χ3v) is 5.48. The van der Waals surface area contributed by atoms with Crippen LogP contribution in [0.25, 0.3) is 0 Å². The van der Waals surface area contributed by atoms with Crippen LogP contribution < -0.4 is 10.5 Å². The third-order valence-electron chi connectivity index (χ3n) is 3.98. The van der Waals surface area contributed by atoms with E-state index in [1.54, 1.807) is 19.1 Å². The fourth-order valence-electron chi connectivity index (χ4n) is 2.79. The maximum Gasteiger partial charge on any atom is 0.243 e. The van der Waals surface area contributed by atoms with Gasteiger partial charge in [0.2, 0.25) is 10.0 Å². The summed E-state index contributed by atoms with van der Waals surface area (Å²) < 4.78 is 41.2. The molecule has 0 aromatic heterocycles. The summed E-state index contributed by atoms with van der Waals surface area (Å²) >= 11 is 0. The second kappa shape index (κ2) is 7.54. The minimum atomic E-state index is -3.87. The van der Waals surface area contributed by atoms with Gasteiger partial charge in [-0.25, -0.2) is 17.5 Å². The molecule has 7 heteroatoms. The predicted molar refractivity (Wildman–Crippen MR) is 83.5 cm³/mol. The van der Waals surface area contributed by atoms with Crippen LogP contribution in [0.3, 0.4) is 0 Å². The third kappa shape index (κ3) is 4.16. The number of sulfonamides is 1. The van der Waals surface area contributed by atoms with Crippen molar-refractivity contribution >= 4 is 22.4 Å².